The third kappa shape index (κ3) is 3.99. The van der Waals surface area contributed by atoms with Crippen LogP contribution in [0.5, 0.6) is 0 Å². The van der Waals surface area contributed by atoms with Gasteiger partial charge in [0.15, 0.2) is 0 Å². The molecule has 0 spiro atoms. The summed E-state index contributed by atoms with van der Waals surface area (Å²) >= 11 is 0. The lowest BCUT2D eigenvalue weighted by Gasteiger charge is -2.42. The summed E-state index contributed by atoms with van der Waals surface area (Å²) < 4.78 is 0. The first-order valence-electron chi connectivity index (χ1n) is 8.30. The molecule has 0 atom stereocenters. The molecule has 0 aromatic heterocycles. The molecule has 0 radical (unpaired) electrons. The van der Waals surface area contributed by atoms with Crippen LogP contribution in [0.4, 0.5) is 5.69 Å². The van der Waals surface area contributed by atoms with Gasteiger partial charge in [-0.3, -0.25) is 0 Å². The zero-order valence-corrected chi connectivity index (χ0v) is 13.2. The Bertz CT molecular complexity index is 368. The summed E-state index contributed by atoms with van der Waals surface area (Å²) in [5.74, 6) is 0. The maximum atomic E-state index is 3.51. The Hall–Kier alpha value is -1.02. The number of unbranched alkanes of at least 4 members (excludes halogenated alkanes) is 1. The highest BCUT2D eigenvalue weighted by Crippen LogP contribution is 2.34. The van der Waals surface area contributed by atoms with E-state index in [-0.39, 0.29) is 0 Å². The average Bonchev–Trinajstić information content (AvgIpc) is 2.53. The van der Waals surface area contributed by atoms with Crippen molar-refractivity contribution in [2.45, 2.75) is 46.0 Å². The maximum absolute atomic E-state index is 3.51. The zero-order valence-electron chi connectivity index (χ0n) is 13.2. The lowest BCUT2D eigenvalue weighted by molar-refractivity contribution is 0.198. The Balaban J connectivity index is 2.10. The second-order valence-electron chi connectivity index (χ2n) is 6.21. The van der Waals surface area contributed by atoms with Gasteiger partial charge in [0.25, 0.3) is 0 Å². The third-order valence-electron chi connectivity index (χ3n) is 4.84. The van der Waals surface area contributed by atoms with Crippen LogP contribution in [0, 0.1) is 5.41 Å². The molecule has 0 unspecified atom stereocenters. The van der Waals surface area contributed by atoms with Crippen molar-refractivity contribution in [1.82, 2.24) is 5.32 Å². The number of rotatable bonds is 7. The third-order valence-corrected chi connectivity index (χ3v) is 4.84. The molecule has 1 fully saturated rings. The molecule has 20 heavy (non-hydrogen) atoms. The molecular weight excluding hydrogens is 244 g/mol. The van der Waals surface area contributed by atoms with Crippen LogP contribution < -0.4 is 10.2 Å². The van der Waals surface area contributed by atoms with Gasteiger partial charge in [-0.05, 0) is 56.3 Å². The van der Waals surface area contributed by atoms with Crippen LogP contribution in [-0.2, 0) is 0 Å². The molecule has 2 rings (SSSR count). The van der Waals surface area contributed by atoms with E-state index in [1.807, 2.05) is 0 Å². The van der Waals surface area contributed by atoms with E-state index in [1.165, 1.54) is 64.0 Å². The molecule has 1 aromatic carbocycles. The van der Waals surface area contributed by atoms with Crippen LogP contribution >= 0.6 is 0 Å². The van der Waals surface area contributed by atoms with Crippen LogP contribution in [0.2, 0.25) is 0 Å². The largest absolute Gasteiger partial charge is 0.371 e. The number of benzene rings is 1. The summed E-state index contributed by atoms with van der Waals surface area (Å²) in [6, 6.07) is 11.0. The van der Waals surface area contributed by atoms with Crippen LogP contribution in [0.25, 0.3) is 0 Å². The van der Waals surface area contributed by atoms with Gasteiger partial charge in [0.05, 0.1) is 0 Å². The van der Waals surface area contributed by atoms with Crippen molar-refractivity contribution < 1.29 is 0 Å². The van der Waals surface area contributed by atoms with Crippen LogP contribution in [0.3, 0.4) is 0 Å². The zero-order chi connectivity index (χ0) is 14.3. The Labute approximate surface area is 124 Å². The SMILES string of the molecule is CCCCN(CC1(CC)CCNCC1)c1ccccc1. The van der Waals surface area contributed by atoms with E-state index in [1.54, 1.807) is 0 Å². The fraction of sp³-hybridized carbons (Fsp3) is 0.667. The number of anilines is 1. The standard InChI is InChI=1S/C18H30N2/c1-3-5-15-20(17-9-7-6-8-10-17)16-18(4-2)11-13-19-14-12-18/h6-10,19H,3-5,11-16H2,1-2H3. The number of hydrogen-bond donors (Lipinski definition) is 1. The minimum absolute atomic E-state index is 0.509. The average molecular weight is 274 g/mol. The van der Waals surface area contributed by atoms with Gasteiger partial charge in [-0.1, -0.05) is 38.5 Å². The van der Waals surface area contributed by atoms with Crippen LogP contribution in [0.15, 0.2) is 30.3 Å². The number of nitrogens with zero attached hydrogens (tertiary/aromatic N) is 1. The summed E-state index contributed by atoms with van der Waals surface area (Å²) in [6.45, 7) is 9.43. The van der Waals surface area contributed by atoms with Gasteiger partial charge in [-0.25, -0.2) is 0 Å². The van der Waals surface area contributed by atoms with Gasteiger partial charge in [0, 0.05) is 18.8 Å². The topological polar surface area (TPSA) is 15.3 Å². The molecule has 0 amide bonds. The molecule has 1 N–H and O–H groups in total. The summed E-state index contributed by atoms with van der Waals surface area (Å²) in [6.07, 6.45) is 6.49. The fourth-order valence-electron chi connectivity index (χ4n) is 3.27. The lowest BCUT2D eigenvalue weighted by atomic mass is 9.76. The number of nitrogens with one attached hydrogen (secondary N) is 1. The Morgan fingerprint density at radius 1 is 1.10 bits per heavy atom. The monoisotopic (exact) mass is 274 g/mol. The molecule has 1 heterocycles. The molecule has 1 saturated heterocycles. The first-order chi connectivity index (χ1) is 9.79. The smallest absolute Gasteiger partial charge is 0.0366 e. The molecule has 2 heteroatoms. The Morgan fingerprint density at radius 2 is 1.80 bits per heavy atom. The second-order valence-corrected chi connectivity index (χ2v) is 6.21. The summed E-state index contributed by atoms with van der Waals surface area (Å²) in [7, 11) is 0. The van der Waals surface area contributed by atoms with E-state index in [0.717, 1.165) is 0 Å². The van der Waals surface area contributed by atoms with E-state index in [9.17, 15) is 0 Å². The summed E-state index contributed by atoms with van der Waals surface area (Å²) in [4.78, 5) is 2.62. The highest BCUT2D eigenvalue weighted by atomic mass is 15.1. The minimum atomic E-state index is 0.509. The van der Waals surface area contributed by atoms with Crippen LogP contribution in [-0.4, -0.2) is 26.2 Å². The normalized spacial score (nSPS) is 17.9. The molecule has 0 saturated carbocycles. The molecule has 0 aliphatic carbocycles. The van der Waals surface area contributed by atoms with Crippen molar-refractivity contribution in [2.24, 2.45) is 5.41 Å². The Morgan fingerprint density at radius 3 is 2.40 bits per heavy atom. The van der Waals surface area contributed by atoms with Crippen molar-refractivity contribution >= 4 is 5.69 Å². The highest BCUT2D eigenvalue weighted by Gasteiger charge is 2.32. The predicted molar refractivity (Wildman–Crippen MR) is 88.4 cm³/mol. The number of piperidine rings is 1. The lowest BCUT2D eigenvalue weighted by Crippen LogP contribution is -2.45. The predicted octanol–water partition coefficient (Wildman–Crippen LogP) is 4.07. The van der Waals surface area contributed by atoms with Crippen molar-refractivity contribution in [2.75, 3.05) is 31.1 Å². The molecular formula is C18H30N2. The van der Waals surface area contributed by atoms with Crippen molar-refractivity contribution in [3.05, 3.63) is 30.3 Å². The van der Waals surface area contributed by atoms with Crippen molar-refractivity contribution in [3.63, 3.8) is 0 Å². The van der Waals surface area contributed by atoms with Gasteiger partial charge >= 0.3 is 0 Å². The van der Waals surface area contributed by atoms with Gasteiger partial charge in [0.1, 0.15) is 0 Å². The summed E-state index contributed by atoms with van der Waals surface area (Å²) in [5, 5.41) is 3.51. The molecule has 1 aromatic rings. The first kappa shape index (κ1) is 15.4. The minimum Gasteiger partial charge on any atom is -0.371 e. The van der Waals surface area contributed by atoms with Crippen molar-refractivity contribution in [3.8, 4) is 0 Å². The van der Waals surface area contributed by atoms with E-state index in [2.05, 4.69) is 54.4 Å². The highest BCUT2D eigenvalue weighted by molar-refractivity contribution is 5.46. The number of para-hydroxylation sites is 1. The molecule has 0 bridgehead atoms. The Kier molecular flexibility index (Phi) is 5.90. The van der Waals surface area contributed by atoms with Gasteiger partial charge in [-0.2, -0.15) is 0 Å². The summed E-state index contributed by atoms with van der Waals surface area (Å²) in [5.41, 5.74) is 1.90. The van der Waals surface area contributed by atoms with E-state index in [0.29, 0.717) is 5.41 Å². The van der Waals surface area contributed by atoms with E-state index < -0.39 is 0 Å². The maximum Gasteiger partial charge on any atom is 0.0366 e. The van der Waals surface area contributed by atoms with Gasteiger partial charge in [-0.15, -0.1) is 0 Å². The number of hydrogen-bond acceptors (Lipinski definition) is 2. The van der Waals surface area contributed by atoms with E-state index in [4.69, 9.17) is 0 Å². The van der Waals surface area contributed by atoms with Gasteiger partial charge in [0.2, 0.25) is 0 Å². The van der Waals surface area contributed by atoms with Crippen LogP contribution in [0.1, 0.15) is 46.0 Å². The fourth-order valence-corrected chi connectivity index (χ4v) is 3.27. The first-order valence-corrected chi connectivity index (χ1v) is 8.30. The van der Waals surface area contributed by atoms with Gasteiger partial charge < -0.3 is 10.2 Å². The second kappa shape index (κ2) is 7.68. The molecule has 2 nitrogen and oxygen atoms in total. The molecule has 1 aliphatic rings. The quantitative estimate of drug-likeness (QED) is 0.806. The van der Waals surface area contributed by atoms with Crippen molar-refractivity contribution in [1.29, 1.82) is 0 Å². The molecule has 112 valence electrons. The molecule has 1 aliphatic heterocycles. The van der Waals surface area contributed by atoms with E-state index >= 15 is 0 Å².